The zero-order chi connectivity index (χ0) is 13.3. The van der Waals surface area contributed by atoms with Crippen molar-refractivity contribution in [2.45, 2.75) is 39.0 Å². The van der Waals surface area contributed by atoms with Crippen molar-refractivity contribution < 1.29 is 23.9 Å². The topological polar surface area (TPSA) is 69.7 Å². The summed E-state index contributed by atoms with van der Waals surface area (Å²) in [6.45, 7) is 2.05. The first-order chi connectivity index (χ1) is 8.06. The molecule has 0 saturated heterocycles. The molecule has 1 unspecified atom stereocenters. The molecule has 0 amide bonds. The molecule has 1 atom stereocenters. The molecule has 0 heterocycles. The van der Waals surface area contributed by atoms with Gasteiger partial charge in [0.2, 0.25) is 5.78 Å². The third-order valence-electron chi connectivity index (χ3n) is 2.54. The van der Waals surface area contributed by atoms with E-state index in [4.69, 9.17) is 0 Å². The van der Waals surface area contributed by atoms with Crippen LogP contribution in [0.25, 0.3) is 0 Å². The van der Waals surface area contributed by atoms with Gasteiger partial charge in [0.05, 0.1) is 20.1 Å². The Morgan fingerprint density at radius 3 is 2.18 bits per heavy atom. The Hall–Kier alpha value is -1.39. The van der Waals surface area contributed by atoms with Crippen molar-refractivity contribution in [1.82, 2.24) is 0 Å². The van der Waals surface area contributed by atoms with Crippen molar-refractivity contribution >= 4 is 17.7 Å². The fourth-order valence-corrected chi connectivity index (χ4v) is 1.53. The average molecular weight is 244 g/mol. The summed E-state index contributed by atoms with van der Waals surface area (Å²) in [4.78, 5) is 33.7. The van der Waals surface area contributed by atoms with Crippen LogP contribution >= 0.6 is 0 Å². The van der Waals surface area contributed by atoms with Crippen molar-refractivity contribution in [1.29, 1.82) is 0 Å². The third kappa shape index (κ3) is 6.04. The van der Waals surface area contributed by atoms with E-state index in [1.165, 1.54) is 7.11 Å². The second kappa shape index (κ2) is 8.73. The summed E-state index contributed by atoms with van der Waals surface area (Å²) >= 11 is 0. The number of unbranched alkanes of at least 4 members (excludes halogenated alkanes) is 2. The number of ketones is 1. The Morgan fingerprint density at radius 1 is 1.06 bits per heavy atom. The normalized spacial score (nSPS) is 11.7. The minimum atomic E-state index is -0.908. The van der Waals surface area contributed by atoms with Gasteiger partial charge in [0.15, 0.2) is 0 Å². The molecule has 0 aromatic heterocycles. The van der Waals surface area contributed by atoms with Crippen molar-refractivity contribution in [3.05, 3.63) is 0 Å². The molecule has 0 rings (SSSR count). The zero-order valence-corrected chi connectivity index (χ0v) is 10.7. The molecule has 98 valence electrons. The van der Waals surface area contributed by atoms with Gasteiger partial charge in [-0.2, -0.15) is 0 Å². The summed E-state index contributed by atoms with van der Waals surface area (Å²) in [6.07, 6.45) is 3.27. The zero-order valence-electron chi connectivity index (χ0n) is 10.7. The highest BCUT2D eigenvalue weighted by atomic mass is 16.5. The molecule has 0 aromatic rings. The number of carbonyl (C=O) groups is 3. The number of carbonyl (C=O) groups excluding carboxylic acids is 3. The second-order valence-corrected chi connectivity index (χ2v) is 3.83. The van der Waals surface area contributed by atoms with Crippen molar-refractivity contribution in [3.8, 4) is 0 Å². The Balaban J connectivity index is 4.33. The number of ether oxygens (including phenoxy) is 2. The Labute approximate surface area is 101 Å². The van der Waals surface area contributed by atoms with Gasteiger partial charge < -0.3 is 9.47 Å². The van der Waals surface area contributed by atoms with Gasteiger partial charge in [-0.3, -0.25) is 9.59 Å². The summed E-state index contributed by atoms with van der Waals surface area (Å²) < 4.78 is 8.93. The molecule has 0 bridgehead atoms. The Bertz CT molecular complexity index is 272. The van der Waals surface area contributed by atoms with Crippen LogP contribution in [0.2, 0.25) is 0 Å². The largest absolute Gasteiger partial charge is 0.469 e. The predicted molar refractivity (Wildman–Crippen MR) is 61.3 cm³/mol. The lowest BCUT2D eigenvalue weighted by Crippen LogP contribution is -2.24. The molecule has 5 nitrogen and oxygen atoms in total. The van der Waals surface area contributed by atoms with Gasteiger partial charge in [-0.15, -0.1) is 0 Å². The second-order valence-electron chi connectivity index (χ2n) is 3.83. The van der Waals surface area contributed by atoms with Crippen LogP contribution < -0.4 is 0 Å². The number of esters is 2. The van der Waals surface area contributed by atoms with Gasteiger partial charge in [-0.05, 0) is 6.42 Å². The maximum Gasteiger partial charge on any atom is 0.374 e. The van der Waals surface area contributed by atoms with Gasteiger partial charge in [0, 0.05) is 6.42 Å². The van der Waals surface area contributed by atoms with E-state index in [-0.39, 0.29) is 6.42 Å². The lowest BCUT2D eigenvalue weighted by molar-refractivity contribution is -0.154. The van der Waals surface area contributed by atoms with E-state index >= 15 is 0 Å². The first kappa shape index (κ1) is 15.6. The molecular weight excluding hydrogens is 224 g/mol. The molecule has 0 radical (unpaired) electrons. The molecule has 0 aliphatic rings. The summed E-state index contributed by atoms with van der Waals surface area (Å²) in [6, 6.07) is 0. The molecule has 0 aliphatic heterocycles. The van der Waals surface area contributed by atoms with Gasteiger partial charge in [0.25, 0.3) is 0 Å². The van der Waals surface area contributed by atoms with Crippen molar-refractivity contribution in [2.75, 3.05) is 14.2 Å². The summed E-state index contributed by atoms with van der Waals surface area (Å²) in [7, 11) is 2.42. The molecule has 17 heavy (non-hydrogen) atoms. The molecule has 0 aromatic carbocycles. The highest BCUT2D eigenvalue weighted by Gasteiger charge is 2.26. The minimum absolute atomic E-state index is 0.136. The van der Waals surface area contributed by atoms with Gasteiger partial charge in [-0.25, -0.2) is 4.79 Å². The monoisotopic (exact) mass is 244 g/mol. The van der Waals surface area contributed by atoms with E-state index < -0.39 is 23.6 Å². The predicted octanol–water partition coefficient (Wildman–Crippen LogP) is 1.49. The van der Waals surface area contributed by atoms with E-state index in [1.807, 2.05) is 6.92 Å². The minimum Gasteiger partial charge on any atom is -0.469 e. The first-order valence-electron chi connectivity index (χ1n) is 5.75. The highest BCUT2D eigenvalue weighted by Crippen LogP contribution is 2.16. The van der Waals surface area contributed by atoms with E-state index in [1.54, 1.807) is 0 Å². The van der Waals surface area contributed by atoms with Crippen LogP contribution in [0.5, 0.6) is 0 Å². The summed E-state index contributed by atoms with van der Waals surface area (Å²) in [5.41, 5.74) is 0. The van der Waals surface area contributed by atoms with Crippen molar-refractivity contribution in [2.24, 2.45) is 5.92 Å². The smallest absolute Gasteiger partial charge is 0.374 e. The maximum atomic E-state index is 11.4. The lowest BCUT2D eigenvalue weighted by atomic mass is 9.96. The Kier molecular flexibility index (Phi) is 8.01. The fourth-order valence-electron chi connectivity index (χ4n) is 1.53. The third-order valence-corrected chi connectivity index (χ3v) is 2.54. The van der Waals surface area contributed by atoms with Gasteiger partial charge >= 0.3 is 11.9 Å². The van der Waals surface area contributed by atoms with E-state index in [2.05, 4.69) is 9.47 Å². The number of methoxy groups -OCH3 is 2. The number of hydrogen-bond donors (Lipinski definition) is 0. The average Bonchev–Trinajstić information content (AvgIpc) is 2.35. The van der Waals surface area contributed by atoms with E-state index in [9.17, 15) is 14.4 Å². The Morgan fingerprint density at radius 2 is 1.71 bits per heavy atom. The molecule has 0 fully saturated rings. The molecule has 5 heteroatoms. The fraction of sp³-hybridized carbons (Fsp3) is 0.750. The van der Waals surface area contributed by atoms with Crippen LogP contribution in [0.4, 0.5) is 0 Å². The molecule has 0 aliphatic carbocycles. The molecule has 0 N–H and O–H groups in total. The van der Waals surface area contributed by atoms with E-state index in [0.29, 0.717) is 6.42 Å². The van der Waals surface area contributed by atoms with Crippen LogP contribution in [0.15, 0.2) is 0 Å². The number of Topliss-reactive ketones (excluding diaryl/α,β-unsaturated/α-hetero) is 1. The molecular formula is C12H20O5. The van der Waals surface area contributed by atoms with Crippen LogP contribution in [-0.4, -0.2) is 31.9 Å². The molecule has 0 saturated carbocycles. The molecule has 0 spiro atoms. The van der Waals surface area contributed by atoms with Crippen LogP contribution in [0, 0.1) is 5.92 Å². The first-order valence-corrected chi connectivity index (χ1v) is 5.75. The van der Waals surface area contributed by atoms with Crippen LogP contribution in [-0.2, 0) is 23.9 Å². The number of rotatable bonds is 8. The van der Waals surface area contributed by atoms with Crippen LogP contribution in [0.1, 0.15) is 39.0 Å². The quantitative estimate of drug-likeness (QED) is 0.367. The summed E-state index contributed by atoms with van der Waals surface area (Å²) in [5, 5.41) is 0. The van der Waals surface area contributed by atoms with Gasteiger partial charge in [0.1, 0.15) is 0 Å². The van der Waals surface area contributed by atoms with Crippen LogP contribution in [0.3, 0.4) is 0 Å². The lowest BCUT2D eigenvalue weighted by Gasteiger charge is -2.12. The maximum absolute atomic E-state index is 11.4. The van der Waals surface area contributed by atoms with Gasteiger partial charge in [-0.1, -0.05) is 26.2 Å². The SMILES string of the molecule is CCCCCC(CC(=O)C(=O)OC)C(=O)OC. The van der Waals surface area contributed by atoms with Crippen molar-refractivity contribution in [3.63, 3.8) is 0 Å². The number of hydrogen-bond acceptors (Lipinski definition) is 5. The summed E-state index contributed by atoms with van der Waals surface area (Å²) in [5.74, 6) is -2.58. The standard InChI is InChI=1S/C12H20O5/c1-4-5-6-7-9(11(14)16-2)8-10(13)12(15)17-3/h9H,4-8H2,1-3H3. The van der Waals surface area contributed by atoms with E-state index in [0.717, 1.165) is 26.4 Å². The highest BCUT2D eigenvalue weighted by molar-refractivity contribution is 6.33.